The number of nitrogens with one attached hydrogen (secondary N) is 1. The van der Waals surface area contributed by atoms with Crippen molar-refractivity contribution in [2.45, 2.75) is 25.9 Å². The van der Waals surface area contributed by atoms with Crippen LogP contribution in [0.3, 0.4) is 0 Å². The fraction of sp³-hybridized carbons (Fsp3) is 0.250. The Hall–Kier alpha value is -3.54. The van der Waals surface area contributed by atoms with E-state index in [-0.39, 0.29) is 39.0 Å². The third-order valence-corrected chi connectivity index (χ3v) is 5.43. The molecular weight excluding hydrogens is 445 g/mol. The minimum absolute atomic E-state index is 0.0666. The van der Waals surface area contributed by atoms with Crippen LogP contribution in [-0.4, -0.2) is 29.4 Å². The first kappa shape index (κ1) is 21.7. The van der Waals surface area contributed by atoms with Crippen LogP contribution in [0.2, 0.25) is 0 Å². The number of imidazole rings is 1. The lowest BCUT2D eigenvalue weighted by atomic mass is 9.97. The summed E-state index contributed by atoms with van der Waals surface area (Å²) in [6, 6.07) is 7.39. The molecule has 0 atom stereocenters. The molecule has 0 amide bonds. The van der Waals surface area contributed by atoms with Gasteiger partial charge >= 0.3 is 6.18 Å². The Morgan fingerprint density at radius 3 is 2.56 bits per heavy atom. The highest BCUT2D eigenvalue weighted by molar-refractivity contribution is 7.71. The summed E-state index contributed by atoms with van der Waals surface area (Å²) in [5, 5.41) is 20.3. The number of benzene rings is 2. The zero-order valence-corrected chi connectivity index (χ0v) is 17.9. The van der Waals surface area contributed by atoms with Crippen LogP contribution in [-0.2, 0) is 13.2 Å². The van der Waals surface area contributed by atoms with Crippen LogP contribution in [0, 0.1) is 9.68 Å². The highest BCUT2D eigenvalue weighted by atomic mass is 32.1. The molecule has 2 N–H and O–H groups in total. The Labute approximate surface area is 184 Å². The van der Waals surface area contributed by atoms with Crippen molar-refractivity contribution in [1.29, 1.82) is 0 Å². The number of fused-ring (bicyclic) bond motifs is 1. The molecule has 0 unspecified atom stereocenters. The number of nitroso groups, excluding NO2 is 1. The molecule has 166 valence electrons. The number of H-pyrrole nitrogens is 1. The van der Waals surface area contributed by atoms with E-state index in [0.717, 1.165) is 4.57 Å². The van der Waals surface area contributed by atoms with Gasteiger partial charge in [0.1, 0.15) is 11.4 Å². The average molecular weight is 462 g/mol. The van der Waals surface area contributed by atoms with E-state index in [1.807, 2.05) is 13.8 Å². The van der Waals surface area contributed by atoms with Gasteiger partial charge in [0.25, 0.3) is 0 Å². The van der Waals surface area contributed by atoms with Gasteiger partial charge in [0, 0.05) is 13.1 Å². The summed E-state index contributed by atoms with van der Waals surface area (Å²) in [6.45, 7) is 3.74. The Morgan fingerprint density at radius 2 is 1.94 bits per heavy atom. The Kier molecular flexibility index (Phi) is 5.12. The molecule has 0 saturated carbocycles. The van der Waals surface area contributed by atoms with E-state index < -0.39 is 12.0 Å². The zero-order valence-electron chi connectivity index (χ0n) is 17.1. The smallest absolute Gasteiger partial charge is 0.449 e. The second kappa shape index (κ2) is 7.55. The first-order chi connectivity index (χ1) is 15.0. The number of phenols is 1. The first-order valence-electron chi connectivity index (χ1n) is 9.45. The molecule has 2 heterocycles. The van der Waals surface area contributed by atoms with Gasteiger partial charge in [0.15, 0.2) is 10.6 Å². The van der Waals surface area contributed by atoms with Crippen LogP contribution in [0.1, 0.15) is 31.2 Å². The second-order valence-electron chi connectivity index (χ2n) is 7.53. The molecule has 4 rings (SSSR count). The van der Waals surface area contributed by atoms with E-state index in [4.69, 9.17) is 12.2 Å². The number of aromatic amines is 1. The number of rotatable bonds is 4. The maximum Gasteiger partial charge on any atom is 0.449 e. The molecule has 2 aromatic carbocycles. The molecule has 0 radical (unpaired) electrons. The molecule has 0 aliphatic heterocycles. The van der Waals surface area contributed by atoms with Crippen molar-refractivity contribution in [3.05, 3.63) is 51.4 Å². The molecule has 32 heavy (non-hydrogen) atoms. The number of alkyl halides is 3. The number of aromatic nitrogens is 5. The van der Waals surface area contributed by atoms with Gasteiger partial charge in [-0.25, -0.2) is 4.98 Å². The number of aryl methyl sites for hydroxylation is 1. The van der Waals surface area contributed by atoms with Crippen molar-refractivity contribution in [1.82, 2.24) is 24.3 Å². The molecule has 12 heteroatoms. The predicted molar refractivity (Wildman–Crippen MR) is 115 cm³/mol. The van der Waals surface area contributed by atoms with Crippen LogP contribution in [0.15, 0.2) is 35.5 Å². The highest BCUT2D eigenvalue weighted by Gasteiger charge is 2.36. The van der Waals surface area contributed by atoms with Gasteiger partial charge in [0.2, 0.25) is 5.82 Å². The summed E-state index contributed by atoms with van der Waals surface area (Å²) >= 11 is 5.33. The number of nitrogens with zero attached hydrogens (tertiary/aromatic N) is 5. The van der Waals surface area contributed by atoms with Crippen molar-refractivity contribution in [2.75, 3.05) is 0 Å². The average Bonchev–Trinajstić information content (AvgIpc) is 3.27. The monoisotopic (exact) mass is 462 g/mol. The van der Waals surface area contributed by atoms with Crippen LogP contribution in [0.4, 0.5) is 18.9 Å². The predicted octanol–water partition coefficient (Wildman–Crippen LogP) is 5.73. The highest BCUT2D eigenvalue weighted by Crippen LogP contribution is 2.39. The van der Waals surface area contributed by atoms with Gasteiger partial charge in [-0.1, -0.05) is 13.8 Å². The van der Waals surface area contributed by atoms with Gasteiger partial charge in [-0.05, 0) is 53.1 Å². The normalized spacial score (nSPS) is 12.1. The molecule has 0 spiro atoms. The summed E-state index contributed by atoms with van der Waals surface area (Å²) in [7, 11) is 1.29. The third kappa shape index (κ3) is 3.45. The fourth-order valence-corrected chi connectivity index (χ4v) is 3.85. The van der Waals surface area contributed by atoms with Crippen LogP contribution in [0.25, 0.3) is 28.1 Å². The molecule has 0 saturated heterocycles. The van der Waals surface area contributed by atoms with Gasteiger partial charge < -0.3 is 9.67 Å². The molecule has 0 fully saturated rings. The van der Waals surface area contributed by atoms with E-state index in [1.54, 1.807) is 12.1 Å². The number of phenolic OH excluding ortho intramolecular Hbond substituents is 1. The van der Waals surface area contributed by atoms with Crippen LogP contribution >= 0.6 is 12.2 Å². The van der Waals surface area contributed by atoms with Crippen LogP contribution in [0.5, 0.6) is 5.75 Å². The second-order valence-corrected chi connectivity index (χ2v) is 7.91. The summed E-state index contributed by atoms with van der Waals surface area (Å²) in [5.41, 5.74) is 1.81. The van der Waals surface area contributed by atoms with E-state index in [1.165, 1.54) is 29.8 Å². The van der Waals surface area contributed by atoms with Gasteiger partial charge in [0.05, 0.1) is 22.3 Å². The lowest BCUT2D eigenvalue weighted by molar-refractivity contribution is -0.146. The lowest BCUT2D eigenvalue weighted by Gasteiger charge is -2.13. The van der Waals surface area contributed by atoms with Crippen molar-refractivity contribution in [2.24, 2.45) is 12.2 Å². The minimum Gasteiger partial charge on any atom is -0.507 e. The van der Waals surface area contributed by atoms with E-state index in [2.05, 4.69) is 20.4 Å². The van der Waals surface area contributed by atoms with Gasteiger partial charge in [-0.2, -0.15) is 18.3 Å². The van der Waals surface area contributed by atoms with Crippen LogP contribution < -0.4 is 0 Å². The Balaban J connectivity index is 1.93. The fourth-order valence-electron chi connectivity index (χ4n) is 3.61. The number of aromatic hydroxyl groups is 1. The zero-order chi connectivity index (χ0) is 23.4. The third-order valence-electron chi connectivity index (χ3n) is 5.15. The molecule has 0 bridgehead atoms. The Morgan fingerprint density at radius 1 is 1.22 bits per heavy atom. The maximum atomic E-state index is 13.2. The largest absolute Gasteiger partial charge is 0.507 e. The van der Waals surface area contributed by atoms with Crippen molar-refractivity contribution in [3.63, 3.8) is 0 Å². The topological polar surface area (TPSA) is 101 Å². The van der Waals surface area contributed by atoms with E-state index >= 15 is 0 Å². The van der Waals surface area contributed by atoms with Gasteiger partial charge in [-0.3, -0.25) is 9.67 Å². The SMILES string of the molecule is CC(C)c1cc(-c2n[nH]c(=S)n2-c2ccc3c(c2)nc(C(F)(F)F)n3C)c(O)cc1N=O. The van der Waals surface area contributed by atoms with Crippen molar-refractivity contribution >= 4 is 28.9 Å². The lowest BCUT2D eigenvalue weighted by Crippen LogP contribution is -2.12. The maximum absolute atomic E-state index is 13.2. The Bertz CT molecular complexity index is 1420. The number of hydrogen-bond donors (Lipinski definition) is 2. The summed E-state index contributed by atoms with van der Waals surface area (Å²) in [6.07, 6.45) is -4.60. The summed E-state index contributed by atoms with van der Waals surface area (Å²) in [5.74, 6) is -1.10. The number of halogens is 3. The molecule has 0 aliphatic carbocycles. The van der Waals surface area contributed by atoms with Gasteiger partial charge in [-0.15, -0.1) is 4.91 Å². The summed E-state index contributed by atoms with van der Waals surface area (Å²) in [4.78, 5) is 14.9. The quantitative estimate of drug-likeness (QED) is 0.298. The van der Waals surface area contributed by atoms with Crippen molar-refractivity contribution < 1.29 is 18.3 Å². The first-order valence-corrected chi connectivity index (χ1v) is 9.85. The minimum atomic E-state index is -4.60. The van der Waals surface area contributed by atoms with E-state index in [0.29, 0.717) is 16.8 Å². The molecule has 0 aliphatic rings. The molecule has 4 aromatic rings. The van der Waals surface area contributed by atoms with E-state index in [9.17, 15) is 23.2 Å². The number of hydrogen-bond acceptors (Lipinski definition) is 6. The molecule has 8 nitrogen and oxygen atoms in total. The molecular formula is C20H17F3N6O2S. The molecule has 2 aromatic heterocycles. The summed E-state index contributed by atoms with van der Waals surface area (Å²) < 4.78 is 42.3. The standard InChI is InChI=1S/C20H17F3N6O2S/c1-9(2)11-7-12(16(30)8-13(11)27-31)17-25-26-19(32)29(17)10-4-5-15-14(6-10)24-18(28(15)3)20(21,22)23/h4-9,30H,1-3H3,(H,26,32). The van der Waals surface area contributed by atoms with Crippen molar-refractivity contribution in [3.8, 4) is 22.8 Å².